The van der Waals surface area contributed by atoms with Gasteiger partial charge in [0.05, 0.1) is 0 Å². The van der Waals surface area contributed by atoms with Crippen molar-refractivity contribution < 1.29 is 9.90 Å². The van der Waals surface area contributed by atoms with E-state index in [2.05, 4.69) is 6.92 Å². The zero-order valence-corrected chi connectivity index (χ0v) is 8.01. The second kappa shape index (κ2) is 12.0. The molecule has 0 heterocycles. The maximum Gasteiger partial charge on any atom is 0.303 e. The van der Waals surface area contributed by atoms with Crippen molar-refractivity contribution in [2.45, 2.75) is 58.3 Å². The van der Waals surface area contributed by atoms with E-state index in [9.17, 15) is 4.79 Å². The van der Waals surface area contributed by atoms with Crippen LogP contribution in [0.2, 0.25) is 0 Å². The molecule has 0 aromatic rings. The topological polar surface area (TPSA) is 37.3 Å². The normalized spacial score (nSPS) is 9.31. The smallest absolute Gasteiger partial charge is 0.303 e. The molecule has 0 amide bonds. The summed E-state index contributed by atoms with van der Waals surface area (Å²) in [6.45, 7) is 2.20. The number of rotatable bonds is 8. The average molecular weight is 202 g/mol. The summed E-state index contributed by atoms with van der Waals surface area (Å²) in [6, 6.07) is 0. The molecule has 0 fully saturated rings. The molecule has 78 valence electrons. The van der Waals surface area contributed by atoms with Crippen LogP contribution in [0.15, 0.2) is 0 Å². The van der Waals surface area contributed by atoms with Crippen LogP contribution in [0.25, 0.3) is 0 Å². The van der Waals surface area contributed by atoms with Gasteiger partial charge in [-0.05, 0) is 6.42 Å². The minimum Gasteiger partial charge on any atom is -0.481 e. The Morgan fingerprint density at radius 2 is 1.46 bits per heavy atom. The van der Waals surface area contributed by atoms with Crippen molar-refractivity contribution in [1.29, 1.82) is 0 Å². The van der Waals surface area contributed by atoms with Gasteiger partial charge in [-0.3, -0.25) is 4.79 Å². The largest absolute Gasteiger partial charge is 0.481 e. The summed E-state index contributed by atoms with van der Waals surface area (Å²) in [7, 11) is 0. The van der Waals surface area contributed by atoms with Crippen molar-refractivity contribution in [1.82, 2.24) is 0 Å². The van der Waals surface area contributed by atoms with E-state index in [0.717, 1.165) is 12.8 Å². The van der Waals surface area contributed by atoms with Crippen LogP contribution < -0.4 is 0 Å². The van der Waals surface area contributed by atoms with Crippen LogP contribution in [0.5, 0.6) is 0 Å². The van der Waals surface area contributed by atoms with Gasteiger partial charge in [-0.25, -0.2) is 0 Å². The first-order chi connectivity index (χ1) is 5.77. The molecule has 0 aliphatic heterocycles. The molecule has 13 heavy (non-hydrogen) atoms. The first-order valence-corrected chi connectivity index (χ1v) is 4.99. The highest BCUT2D eigenvalue weighted by Gasteiger charge is 1.95. The lowest BCUT2D eigenvalue weighted by Crippen LogP contribution is -1.93. The lowest BCUT2D eigenvalue weighted by atomic mass is 10.1. The fourth-order valence-corrected chi connectivity index (χ4v) is 1.23. The maximum atomic E-state index is 10.1. The van der Waals surface area contributed by atoms with Gasteiger partial charge in [0.2, 0.25) is 0 Å². The number of hydrogen-bond acceptors (Lipinski definition) is 1. The fraction of sp³-hybridized carbons (Fsp3) is 0.900. The third-order valence-corrected chi connectivity index (χ3v) is 1.99. The van der Waals surface area contributed by atoms with Crippen LogP contribution >= 0.6 is 0 Å². The molecule has 0 saturated carbocycles. The Kier molecular flexibility index (Phi) is 14.3. The Hall–Kier alpha value is 0.00247. The van der Waals surface area contributed by atoms with E-state index >= 15 is 0 Å². The lowest BCUT2D eigenvalue weighted by molar-refractivity contribution is -0.137. The summed E-state index contributed by atoms with van der Waals surface area (Å²) < 4.78 is 0. The highest BCUT2D eigenvalue weighted by atomic mass is 27.0. The molecular formula is C10H23AlO2. The Labute approximate surface area is 91.9 Å². The van der Waals surface area contributed by atoms with Crippen LogP contribution in [0.3, 0.4) is 0 Å². The molecule has 0 spiro atoms. The van der Waals surface area contributed by atoms with Crippen LogP contribution in [-0.2, 0) is 4.79 Å². The summed E-state index contributed by atoms with van der Waals surface area (Å²) in [5, 5.41) is 8.35. The molecule has 0 saturated heterocycles. The second-order valence-electron chi connectivity index (χ2n) is 3.27. The van der Waals surface area contributed by atoms with E-state index in [0.29, 0.717) is 6.42 Å². The summed E-state index contributed by atoms with van der Waals surface area (Å²) in [5.74, 6) is -0.663. The maximum absolute atomic E-state index is 10.1. The van der Waals surface area contributed by atoms with E-state index in [1.54, 1.807) is 0 Å². The zero-order chi connectivity index (χ0) is 9.23. The predicted octanol–water partition coefficient (Wildman–Crippen LogP) is 2.03. The highest BCUT2D eigenvalue weighted by Crippen LogP contribution is 2.07. The van der Waals surface area contributed by atoms with Gasteiger partial charge in [-0.15, -0.1) is 0 Å². The van der Waals surface area contributed by atoms with Gasteiger partial charge in [0.25, 0.3) is 0 Å². The molecule has 3 heteroatoms. The number of hydrogen-bond donors (Lipinski definition) is 1. The van der Waals surface area contributed by atoms with Crippen LogP contribution in [0, 0.1) is 0 Å². The summed E-state index contributed by atoms with van der Waals surface area (Å²) in [5.41, 5.74) is 0. The van der Waals surface area contributed by atoms with Crippen LogP contribution in [-0.4, -0.2) is 28.4 Å². The van der Waals surface area contributed by atoms with Crippen molar-refractivity contribution in [3.8, 4) is 0 Å². The van der Waals surface area contributed by atoms with Crippen molar-refractivity contribution in [2.24, 2.45) is 0 Å². The van der Waals surface area contributed by atoms with Gasteiger partial charge in [-0.1, -0.05) is 45.4 Å². The molecular weight excluding hydrogens is 179 g/mol. The first-order valence-electron chi connectivity index (χ1n) is 4.99. The van der Waals surface area contributed by atoms with E-state index in [1.807, 2.05) is 0 Å². The minimum atomic E-state index is -0.663. The second-order valence-corrected chi connectivity index (χ2v) is 3.27. The van der Waals surface area contributed by atoms with Gasteiger partial charge in [-0.2, -0.15) is 0 Å². The van der Waals surface area contributed by atoms with Crippen molar-refractivity contribution >= 4 is 23.3 Å². The fourth-order valence-electron chi connectivity index (χ4n) is 1.23. The molecule has 0 radical (unpaired) electrons. The van der Waals surface area contributed by atoms with E-state index < -0.39 is 5.97 Å². The van der Waals surface area contributed by atoms with E-state index in [-0.39, 0.29) is 17.4 Å². The zero-order valence-electron chi connectivity index (χ0n) is 8.01. The van der Waals surface area contributed by atoms with Crippen LogP contribution in [0.1, 0.15) is 58.3 Å². The Bertz CT molecular complexity index is 115. The van der Waals surface area contributed by atoms with Gasteiger partial charge in [0.15, 0.2) is 17.4 Å². The summed E-state index contributed by atoms with van der Waals surface area (Å²) in [4.78, 5) is 10.1. The quantitative estimate of drug-likeness (QED) is 0.483. The van der Waals surface area contributed by atoms with E-state index in [1.165, 1.54) is 32.1 Å². The van der Waals surface area contributed by atoms with Gasteiger partial charge in [0, 0.05) is 6.42 Å². The molecule has 0 aromatic carbocycles. The first kappa shape index (κ1) is 15.5. The van der Waals surface area contributed by atoms with E-state index in [4.69, 9.17) is 5.11 Å². The molecule has 0 aliphatic carbocycles. The third kappa shape index (κ3) is 14.8. The molecule has 0 bridgehead atoms. The predicted molar refractivity (Wildman–Crippen MR) is 60.2 cm³/mol. The molecule has 2 nitrogen and oxygen atoms in total. The average Bonchev–Trinajstić information content (AvgIpc) is 2.02. The van der Waals surface area contributed by atoms with Crippen molar-refractivity contribution in [3.63, 3.8) is 0 Å². The molecule has 0 aromatic heterocycles. The molecule has 0 aliphatic rings. The highest BCUT2D eigenvalue weighted by molar-refractivity contribution is 5.75. The van der Waals surface area contributed by atoms with Crippen LogP contribution in [0.4, 0.5) is 0 Å². The monoisotopic (exact) mass is 202 g/mol. The Balaban J connectivity index is 0. The summed E-state index contributed by atoms with van der Waals surface area (Å²) >= 11 is 0. The standard InChI is InChI=1S/C10H20O2.Al.3H/c1-2-3-4-5-6-7-8-9-10(11)12;;;;/h2-9H2,1H3,(H,11,12);;;;. The minimum absolute atomic E-state index is 0. The Morgan fingerprint density at radius 1 is 1.00 bits per heavy atom. The van der Waals surface area contributed by atoms with Gasteiger partial charge >= 0.3 is 5.97 Å². The molecule has 0 rings (SSSR count). The van der Waals surface area contributed by atoms with Gasteiger partial charge < -0.3 is 5.11 Å². The number of carboxylic acid groups (broad SMARTS) is 1. The third-order valence-electron chi connectivity index (χ3n) is 1.99. The molecule has 0 atom stereocenters. The molecule has 1 N–H and O–H groups in total. The SMILES string of the molecule is CCCCCCCCCC(=O)O.[AlH3]. The lowest BCUT2D eigenvalue weighted by Gasteiger charge is -1.98. The Morgan fingerprint density at radius 3 is 1.92 bits per heavy atom. The molecule has 0 unspecified atom stereocenters. The number of unbranched alkanes of at least 4 members (excludes halogenated alkanes) is 6. The number of carboxylic acids is 1. The summed E-state index contributed by atoms with van der Waals surface area (Å²) in [6.07, 6.45) is 8.64. The van der Waals surface area contributed by atoms with Gasteiger partial charge in [0.1, 0.15) is 0 Å². The van der Waals surface area contributed by atoms with Crippen molar-refractivity contribution in [2.75, 3.05) is 0 Å². The van der Waals surface area contributed by atoms with Crippen molar-refractivity contribution in [3.05, 3.63) is 0 Å². The number of carbonyl (C=O) groups is 1. The number of aliphatic carboxylic acids is 1.